The van der Waals surface area contributed by atoms with Gasteiger partial charge in [-0.2, -0.15) is 0 Å². The molecule has 1 aliphatic heterocycles. The van der Waals surface area contributed by atoms with E-state index in [0.29, 0.717) is 11.9 Å². The Morgan fingerprint density at radius 3 is 2.95 bits per heavy atom. The van der Waals surface area contributed by atoms with Crippen LogP contribution in [0.2, 0.25) is 0 Å². The van der Waals surface area contributed by atoms with Gasteiger partial charge < -0.3 is 15.0 Å². The van der Waals surface area contributed by atoms with E-state index in [9.17, 15) is 0 Å². The van der Waals surface area contributed by atoms with Gasteiger partial charge in [-0.05, 0) is 46.2 Å². The van der Waals surface area contributed by atoms with E-state index in [1.807, 2.05) is 19.9 Å². The summed E-state index contributed by atoms with van der Waals surface area (Å²) >= 11 is 0. The molecule has 1 aliphatic rings. The Bertz CT molecular complexity index is 389. The van der Waals surface area contributed by atoms with E-state index in [1.54, 1.807) is 6.33 Å². The van der Waals surface area contributed by atoms with Crippen LogP contribution in [0.5, 0.6) is 5.88 Å². The first-order chi connectivity index (χ1) is 9.16. The highest BCUT2D eigenvalue weighted by atomic mass is 16.5. The van der Waals surface area contributed by atoms with Crippen LogP contribution in [-0.4, -0.2) is 42.3 Å². The van der Waals surface area contributed by atoms with Gasteiger partial charge in [-0.3, -0.25) is 0 Å². The lowest BCUT2D eigenvalue weighted by molar-refractivity contribution is 0.232. The molecule has 1 unspecified atom stereocenters. The van der Waals surface area contributed by atoms with Crippen molar-refractivity contribution in [2.45, 2.75) is 45.3 Å². The summed E-state index contributed by atoms with van der Waals surface area (Å²) in [6, 6.07) is 2.47. The lowest BCUT2D eigenvalue weighted by Gasteiger charge is -2.28. The zero-order chi connectivity index (χ0) is 13.7. The highest BCUT2D eigenvalue weighted by Crippen LogP contribution is 2.21. The first-order valence-electron chi connectivity index (χ1n) is 7.09. The Kier molecular flexibility index (Phi) is 4.96. The fraction of sp³-hybridized carbons (Fsp3) is 0.714. The molecule has 0 aromatic carbocycles. The summed E-state index contributed by atoms with van der Waals surface area (Å²) in [4.78, 5) is 10.8. The predicted molar refractivity (Wildman–Crippen MR) is 76.7 cm³/mol. The van der Waals surface area contributed by atoms with Crippen molar-refractivity contribution in [2.75, 3.05) is 25.0 Å². The summed E-state index contributed by atoms with van der Waals surface area (Å²) < 4.78 is 5.63. The normalized spacial score (nSPS) is 20.1. The minimum Gasteiger partial charge on any atom is -0.475 e. The number of nitrogens with one attached hydrogen (secondary N) is 1. The molecule has 0 radical (unpaired) electrons. The van der Waals surface area contributed by atoms with Crippen molar-refractivity contribution in [3.8, 4) is 5.88 Å². The SMILES string of the molecule is CC(C)Oc1cc(N(C)C2CCCNCC2)ncn1. The zero-order valence-electron chi connectivity index (χ0n) is 12.1. The minimum absolute atomic E-state index is 0.134. The van der Waals surface area contributed by atoms with Crippen LogP contribution in [0.25, 0.3) is 0 Å². The predicted octanol–water partition coefficient (Wildman–Crippen LogP) is 1.84. The van der Waals surface area contributed by atoms with Crippen LogP contribution in [0, 0.1) is 0 Å². The van der Waals surface area contributed by atoms with Crippen LogP contribution >= 0.6 is 0 Å². The van der Waals surface area contributed by atoms with E-state index in [0.717, 1.165) is 25.3 Å². The van der Waals surface area contributed by atoms with Crippen molar-refractivity contribution in [2.24, 2.45) is 0 Å². The number of nitrogens with zero attached hydrogens (tertiary/aromatic N) is 3. The van der Waals surface area contributed by atoms with Gasteiger partial charge in [0, 0.05) is 19.2 Å². The van der Waals surface area contributed by atoms with Crippen molar-refractivity contribution in [3.05, 3.63) is 12.4 Å². The molecule has 0 amide bonds. The van der Waals surface area contributed by atoms with Crippen molar-refractivity contribution in [3.63, 3.8) is 0 Å². The number of anilines is 1. The van der Waals surface area contributed by atoms with Crippen molar-refractivity contribution in [1.29, 1.82) is 0 Å². The van der Waals surface area contributed by atoms with Crippen LogP contribution in [0.4, 0.5) is 5.82 Å². The fourth-order valence-electron chi connectivity index (χ4n) is 2.40. The van der Waals surface area contributed by atoms with Crippen molar-refractivity contribution in [1.82, 2.24) is 15.3 Å². The first-order valence-corrected chi connectivity index (χ1v) is 7.09. The average Bonchev–Trinajstić information content (AvgIpc) is 2.66. The van der Waals surface area contributed by atoms with Crippen LogP contribution in [-0.2, 0) is 0 Å². The standard InChI is InChI=1S/C14H24N4O/c1-11(2)19-14-9-13(16-10-17-14)18(3)12-5-4-7-15-8-6-12/h9-12,15H,4-8H2,1-3H3. The van der Waals surface area contributed by atoms with Gasteiger partial charge in [-0.1, -0.05) is 0 Å². The van der Waals surface area contributed by atoms with Crippen LogP contribution in [0.15, 0.2) is 12.4 Å². The third-order valence-corrected chi connectivity index (χ3v) is 3.44. The van der Waals surface area contributed by atoms with E-state index in [1.165, 1.54) is 12.8 Å². The van der Waals surface area contributed by atoms with Crippen molar-refractivity contribution >= 4 is 5.82 Å². The van der Waals surface area contributed by atoms with Crippen LogP contribution in [0.1, 0.15) is 33.1 Å². The topological polar surface area (TPSA) is 50.3 Å². The van der Waals surface area contributed by atoms with Gasteiger partial charge in [0.05, 0.1) is 6.10 Å². The molecule has 2 rings (SSSR count). The fourth-order valence-corrected chi connectivity index (χ4v) is 2.40. The third kappa shape index (κ3) is 4.06. The molecular formula is C14H24N4O. The van der Waals surface area contributed by atoms with Crippen LogP contribution in [0.3, 0.4) is 0 Å². The second-order valence-electron chi connectivity index (χ2n) is 5.33. The quantitative estimate of drug-likeness (QED) is 0.899. The van der Waals surface area contributed by atoms with Crippen molar-refractivity contribution < 1.29 is 4.74 Å². The van der Waals surface area contributed by atoms with E-state index < -0.39 is 0 Å². The maximum Gasteiger partial charge on any atom is 0.218 e. The molecule has 1 aromatic heterocycles. The zero-order valence-corrected chi connectivity index (χ0v) is 12.1. The molecule has 106 valence electrons. The maximum absolute atomic E-state index is 5.63. The molecule has 19 heavy (non-hydrogen) atoms. The highest BCUT2D eigenvalue weighted by molar-refractivity contribution is 5.41. The van der Waals surface area contributed by atoms with E-state index >= 15 is 0 Å². The molecule has 1 saturated heterocycles. The Morgan fingerprint density at radius 1 is 1.32 bits per heavy atom. The van der Waals surface area contributed by atoms with E-state index in [4.69, 9.17) is 4.74 Å². The summed E-state index contributed by atoms with van der Waals surface area (Å²) in [7, 11) is 2.11. The molecule has 5 nitrogen and oxygen atoms in total. The van der Waals surface area contributed by atoms with E-state index in [2.05, 4.69) is 27.2 Å². The average molecular weight is 264 g/mol. The second kappa shape index (κ2) is 6.70. The molecule has 1 atom stereocenters. The lowest BCUT2D eigenvalue weighted by atomic mass is 10.1. The van der Waals surface area contributed by atoms with Gasteiger partial charge in [-0.15, -0.1) is 0 Å². The molecule has 1 fully saturated rings. The van der Waals surface area contributed by atoms with Gasteiger partial charge in [0.2, 0.25) is 5.88 Å². The largest absolute Gasteiger partial charge is 0.475 e. The number of hydrogen-bond acceptors (Lipinski definition) is 5. The summed E-state index contributed by atoms with van der Waals surface area (Å²) in [5.74, 6) is 1.59. The molecule has 1 N–H and O–H groups in total. The number of aromatic nitrogens is 2. The molecule has 5 heteroatoms. The van der Waals surface area contributed by atoms with Gasteiger partial charge in [0.25, 0.3) is 0 Å². The lowest BCUT2D eigenvalue weighted by Crippen LogP contribution is -2.33. The molecule has 0 aliphatic carbocycles. The monoisotopic (exact) mass is 264 g/mol. The summed E-state index contributed by atoms with van der Waals surface area (Å²) in [6.07, 6.45) is 5.29. The van der Waals surface area contributed by atoms with Gasteiger partial charge in [-0.25, -0.2) is 9.97 Å². The smallest absolute Gasteiger partial charge is 0.218 e. The van der Waals surface area contributed by atoms with Crippen LogP contribution < -0.4 is 15.0 Å². The third-order valence-electron chi connectivity index (χ3n) is 3.44. The maximum atomic E-state index is 5.63. The number of hydrogen-bond donors (Lipinski definition) is 1. The van der Waals surface area contributed by atoms with Gasteiger partial charge in [0.1, 0.15) is 12.1 Å². The Morgan fingerprint density at radius 2 is 2.16 bits per heavy atom. The number of rotatable bonds is 4. The van der Waals surface area contributed by atoms with Gasteiger partial charge >= 0.3 is 0 Å². The Labute approximate surface area is 115 Å². The Balaban J connectivity index is 2.06. The molecule has 0 spiro atoms. The minimum atomic E-state index is 0.134. The first kappa shape index (κ1) is 14.1. The second-order valence-corrected chi connectivity index (χ2v) is 5.33. The molecule has 2 heterocycles. The molecular weight excluding hydrogens is 240 g/mol. The van der Waals surface area contributed by atoms with E-state index in [-0.39, 0.29) is 6.10 Å². The summed E-state index contributed by atoms with van der Waals surface area (Å²) in [6.45, 7) is 6.20. The van der Waals surface area contributed by atoms with Gasteiger partial charge in [0.15, 0.2) is 0 Å². The Hall–Kier alpha value is -1.36. The highest BCUT2D eigenvalue weighted by Gasteiger charge is 2.18. The molecule has 0 bridgehead atoms. The molecule has 0 saturated carbocycles. The molecule has 1 aromatic rings. The summed E-state index contributed by atoms with van der Waals surface area (Å²) in [5, 5.41) is 3.44. The summed E-state index contributed by atoms with van der Waals surface area (Å²) in [5.41, 5.74) is 0. The number of ether oxygens (including phenoxy) is 1.